The molecule has 8 heteroatoms. The maximum absolute atomic E-state index is 12.1. The van der Waals surface area contributed by atoms with Crippen molar-refractivity contribution in [2.75, 3.05) is 30.0 Å². The minimum Gasteiger partial charge on any atom is -0.493 e. The van der Waals surface area contributed by atoms with Gasteiger partial charge in [0.1, 0.15) is 11.6 Å². The number of amides is 1. The van der Waals surface area contributed by atoms with Crippen molar-refractivity contribution in [2.24, 2.45) is 5.92 Å². The van der Waals surface area contributed by atoms with Gasteiger partial charge in [-0.2, -0.15) is 0 Å². The van der Waals surface area contributed by atoms with Crippen LogP contribution < -0.4 is 15.0 Å². The Morgan fingerprint density at radius 2 is 2.16 bits per heavy atom. The fourth-order valence-electron chi connectivity index (χ4n) is 2.47. The predicted octanol–water partition coefficient (Wildman–Crippen LogP) is 2.24. The molecule has 0 aliphatic carbocycles. The highest BCUT2D eigenvalue weighted by atomic mass is 16.5. The summed E-state index contributed by atoms with van der Waals surface area (Å²) in [7, 11) is 0. The van der Waals surface area contributed by atoms with Crippen molar-refractivity contribution in [2.45, 2.75) is 6.92 Å². The van der Waals surface area contributed by atoms with Crippen LogP contribution in [0, 0.1) is 16.7 Å². The second-order valence-electron chi connectivity index (χ2n) is 5.53. The highest BCUT2D eigenvalue weighted by molar-refractivity contribution is 6.00. The number of ether oxygens (including phenoxy) is 2. The van der Waals surface area contributed by atoms with Gasteiger partial charge in [-0.25, -0.2) is 4.98 Å². The molecule has 1 aliphatic heterocycles. The zero-order valence-corrected chi connectivity index (χ0v) is 13.8. The number of carbonyl (C=O) groups excluding carboxylic acids is 1. The first-order valence-electron chi connectivity index (χ1n) is 7.92. The van der Waals surface area contributed by atoms with E-state index in [2.05, 4.69) is 10.3 Å². The van der Waals surface area contributed by atoms with Crippen LogP contribution in [0.1, 0.15) is 6.92 Å². The van der Waals surface area contributed by atoms with Gasteiger partial charge in [-0.15, -0.1) is 0 Å². The van der Waals surface area contributed by atoms with Gasteiger partial charge in [-0.3, -0.25) is 20.5 Å². The van der Waals surface area contributed by atoms with Gasteiger partial charge in [0, 0.05) is 17.1 Å². The van der Waals surface area contributed by atoms with Crippen LogP contribution >= 0.6 is 0 Å². The van der Waals surface area contributed by atoms with Gasteiger partial charge in [0.2, 0.25) is 5.91 Å². The quantitative estimate of drug-likeness (QED) is 0.528. The predicted molar refractivity (Wildman–Crippen MR) is 95.9 cm³/mol. The number of anilines is 2. The molecule has 0 saturated carbocycles. The van der Waals surface area contributed by atoms with Crippen molar-refractivity contribution < 1.29 is 14.3 Å². The van der Waals surface area contributed by atoms with Crippen LogP contribution in [0.3, 0.4) is 0 Å². The molecule has 2 aromatic rings. The molecular weight excluding hydrogens is 322 g/mol. The second-order valence-corrected chi connectivity index (χ2v) is 5.53. The molecule has 3 rings (SSSR count). The summed E-state index contributed by atoms with van der Waals surface area (Å²) in [5, 5.41) is 18.4. The number of rotatable bonds is 7. The van der Waals surface area contributed by atoms with E-state index in [1.807, 2.05) is 13.0 Å². The summed E-state index contributed by atoms with van der Waals surface area (Å²) in [6.07, 6.45) is 2.01. The first-order chi connectivity index (χ1) is 12.2. The molecule has 1 aromatic carbocycles. The third kappa shape index (κ3) is 3.43. The van der Waals surface area contributed by atoms with Crippen molar-refractivity contribution in [1.29, 1.82) is 10.8 Å². The molecule has 2 heterocycles. The number of carbonyl (C=O) groups is 1. The lowest BCUT2D eigenvalue weighted by Gasteiger charge is -2.24. The lowest BCUT2D eigenvalue weighted by molar-refractivity contribution is -0.133. The van der Waals surface area contributed by atoms with E-state index in [0.717, 1.165) is 18.1 Å². The molecule has 0 radical (unpaired) electrons. The SMILES string of the molecule is CCOc1cc(N(C=N)C=N)nc2ccc(NC(=O)C3COC3)cc12. The molecule has 1 saturated heterocycles. The average Bonchev–Trinajstić information content (AvgIpc) is 2.55. The molecule has 130 valence electrons. The lowest BCUT2D eigenvalue weighted by Crippen LogP contribution is -2.38. The first-order valence-corrected chi connectivity index (χ1v) is 7.92. The number of nitrogens with zero attached hydrogens (tertiary/aromatic N) is 2. The van der Waals surface area contributed by atoms with Gasteiger partial charge in [0.05, 0.1) is 43.9 Å². The van der Waals surface area contributed by atoms with Crippen LogP contribution in [-0.2, 0) is 9.53 Å². The van der Waals surface area contributed by atoms with Crippen LogP contribution in [0.15, 0.2) is 24.3 Å². The summed E-state index contributed by atoms with van der Waals surface area (Å²) in [5.41, 5.74) is 1.32. The molecule has 8 nitrogen and oxygen atoms in total. The molecule has 1 fully saturated rings. The summed E-state index contributed by atoms with van der Waals surface area (Å²) >= 11 is 0. The Bertz CT molecular complexity index is 811. The van der Waals surface area contributed by atoms with Gasteiger partial charge in [-0.05, 0) is 25.1 Å². The van der Waals surface area contributed by atoms with Crippen molar-refractivity contribution >= 4 is 41.0 Å². The molecule has 0 atom stereocenters. The summed E-state index contributed by atoms with van der Waals surface area (Å²) in [6.45, 7) is 3.25. The fourth-order valence-corrected chi connectivity index (χ4v) is 2.47. The van der Waals surface area contributed by atoms with Crippen LogP contribution in [0.25, 0.3) is 10.9 Å². The number of fused-ring (bicyclic) bond motifs is 1. The summed E-state index contributed by atoms with van der Waals surface area (Å²) in [6, 6.07) is 7.03. The van der Waals surface area contributed by atoms with Crippen molar-refractivity contribution in [3.63, 3.8) is 0 Å². The Morgan fingerprint density at radius 3 is 2.76 bits per heavy atom. The van der Waals surface area contributed by atoms with Gasteiger partial charge in [-0.1, -0.05) is 0 Å². The van der Waals surface area contributed by atoms with Gasteiger partial charge in [0.15, 0.2) is 0 Å². The highest BCUT2D eigenvalue weighted by Gasteiger charge is 2.26. The highest BCUT2D eigenvalue weighted by Crippen LogP contribution is 2.31. The maximum atomic E-state index is 12.1. The minimum atomic E-state index is -0.101. The molecule has 1 amide bonds. The van der Waals surface area contributed by atoms with Crippen LogP contribution in [0.2, 0.25) is 0 Å². The van der Waals surface area contributed by atoms with E-state index in [4.69, 9.17) is 20.3 Å². The standard InChI is InChI=1S/C17H19N5O3/c1-2-25-15-6-16(22(9-18)10-19)21-14-4-3-12(5-13(14)15)20-17(23)11-7-24-8-11/h3-6,9-11,18-19H,2,7-8H2,1H3,(H,20,23). The molecule has 0 bridgehead atoms. The molecule has 1 aliphatic rings. The number of pyridine rings is 1. The van der Waals surface area contributed by atoms with E-state index in [1.54, 1.807) is 18.2 Å². The Hall–Kier alpha value is -3.00. The van der Waals surface area contributed by atoms with E-state index in [1.165, 1.54) is 4.90 Å². The fraction of sp³-hybridized carbons (Fsp3) is 0.294. The first kappa shape index (κ1) is 16.8. The van der Waals surface area contributed by atoms with Crippen molar-refractivity contribution in [3.05, 3.63) is 24.3 Å². The third-order valence-corrected chi connectivity index (χ3v) is 3.88. The molecule has 0 spiro atoms. The molecule has 0 unspecified atom stereocenters. The van der Waals surface area contributed by atoms with Crippen molar-refractivity contribution in [1.82, 2.24) is 4.98 Å². The molecule has 1 aromatic heterocycles. The van der Waals surface area contributed by atoms with Crippen molar-refractivity contribution in [3.8, 4) is 5.75 Å². The Balaban J connectivity index is 1.97. The Labute approximate surface area is 144 Å². The number of benzene rings is 1. The Morgan fingerprint density at radius 1 is 1.40 bits per heavy atom. The van der Waals surface area contributed by atoms with Gasteiger partial charge in [0.25, 0.3) is 0 Å². The minimum absolute atomic E-state index is 0.0630. The van der Waals surface area contributed by atoms with Gasteiger partial charge < -0.3 is 14.8 Å². The zero-order chi connectivity index (χ0) is 17.8. The van der Waals surface area contributed by atoms with E-state index in [9.17, 15) is 4.79 Å². The number of nitrogens with one attached hydrogen (secondary N) is 3. The second kappa shape index (κ2) is 7.27. The summed E-state index contributed by atoms with van der Waals surface area (Å²) in [4.78, 5) is 17.8. The topological polar surface area (TPSA) is 111 Å². The molecule has 25 heavy (non-hydrogen) atoms. The summed E-state index contributed by atoms with van der Waals surface area (Å²) < 4.78 is 10.7. The summed E-state index contributed by atoms with van der Waals surface area (Å²) in [5.74, 6) is 0.840. The maximum Gasteiger partial charge on any atom is 0.232 e. The van der Waals surface area contributed by atoms with Crippen LogP contribution in [0.5, 0.6) is 5.75 Å². The third-order valence-electron chi connectivity index (χ3n) is 3.88. The average molecular weight is 341 g/mol. The smallest absolute Gasteiger partial charge is 0.232 e. The van der Waals surface area contributed by atoms with E-state index in [0.29, 0.717) is 42.6 Å². The molecular formula is C17H19N5O3. The number of hydrogen-bond acceptors (Lipinski definition) is 6. The lowest BCUT2D eigenvalue weighted by atomic mass is 10.1. The number of aromatic nitrogens is 1. The van der Waals surface area contributed by atoms with E-state index < -0.39 is 0 Å². The normalized spacial score (nSPS) is 13.8. The number of hydrogen-bond donors (Lipinski definition) is 3. The Kier molecular flexibility index (Phi) is 4.90. The monoisotopic (exact) mass is 341 g/mol. The van der Waals surface area contributed by atoms with E-state index in [-0.39, 0.29) is 11.8 Å². The van der Waals surface area contributed by atoms with Crippen LogP contribution in [-0.4, -0.2) is 43.4 Å². The zero-order valence-electron chi connectivity index (χ0n) is 13.8. The van der Waals surface area contributed by atoms with E-state index >= 15 is 0 Å². The largest absolute Gasteiger partial charge is 0.493 e. The molecule has 3 N–H and O–H groups in total. The van der Waals surface area contributed by atoms with Crippen LogP contribution in [0.4, 0.5) is 11.5 Å². The van der Waals surface area contributed by atoms with Gasteiger partial charge >= 0.3 is 0 Å².